The Bertz CT molecular complexity index is 85.0. The highest BCUT2D eigenvalue weighted by atomic mass is 16.3. The Morgan fingerprint density at radius 2 is 2.44 bits per heavy atom. The van der Waals surface area contributed by atoms with E-state index in [1.54, 1.807) is 0 Å². The minimum absolute atomic E-state index is 0.134. The highest BCUT2D eigenvalue weighted by Crippen LogP contribution is 2.13. The van der Waals surface area contributed by atoms with Gasteiger partial charge in [0.25, 0.3) is 0 Å². The number of rotatable bonds is 2. The topological polar surface area (TPSA) is 23.5 Å². The van der Waals surface area contributed by atoms with Crippen LogP contribution in [0.15, 0.2) is 0 Å². The van der Waals surface area contributed by atoms with Crippen molar-refractivity contribution >= 4 is 0 Å². The van der Waals surface area contributed by atoms with E-state index in [2.05, 4.69) is 11.8 Å². The minimum Gasteiger partial charge on any atom is -0.378 e. The number of hydrogen-bond acceptors (Lipinski definition) is 2. The molecule has 0 aliphatic carbocycles. The van der Waals surface area contributed by atoms with Crippen LogP contribution in [0.5, 0.6) is 0 Å². The van der Waals surface area contributed by atoms with Crippen molar-refractivity contribution in [2.24, 2.45) is 0 Å². The molecule has 9 heavy (non-hydrogen) atoms. The van der Waals surface area contributed by atoms with Gasteiger partial charge in [-0.1, -0.05) is 6.92 Å². The van der Waals surface area contributed by atoms with Crippen LogP contribution in [0.3, 0.4) is 0 Å². The van der Waals surface area contributed by atoms with E-state index in [4.69, 9.17) is 0 Å². The summed E-state index contributed by atoms with van der Waals surface area (Å²) in [6, 6.07) is 0. The van der Waals surface area contributed by atoms with Crippen molar-refractivity contribution in [2.45, 2.75) is 32.4 Å². The van der Waals surface area contributed by atoms with E-state index in [9.17, 15) is 5.11 Å². The van der Waals surface area contributed by atoms with E-state index in [0.717, 1.165) is 25.9 Å². The van der Waals surface area contributed by atoms with Crippen LogP contribution in [-0.2, 0) is 0 Å². The van der Waals surface area contributed by atoms with E-state index < -0.39 is 0 Å². The van der Waals surface area contributed by atoms with Gasteiger partial charge in [0.2, 0.25) is 0 Å². The summed E-state index contributed by atoms with van der Waals surface area (Å²) >= 11 is 0. The van der Waals surface area contributed by atoms with Gasteiger partial charge < -0.3 is 5.11 Å². The first-order valence-electron chi connectivity index (χ1n) is 3.76. The smallest absolute Gasteiger partial charge is 0.107 e. The lowest BCUT2D eigenvalue weighted by atomic mass is 10.4. The van der Waals surface area contributed by atoms with Gasteiger partial charge in [0.05, 0.1) is 0 Å². The summed E-state index contributed by atoms with van der Waals surface area (Å²) in [7, 11) is 0. The average Bonchev–Trinajstić information content (AvgIpc) is 2.18. The lowest BCUT2D eigenvalue weighted by molar-refractivity contribution is 0.0385. The maximum Gasteiger partial charge on any atom is 0.107 e. The van der Waals surface area contributed by atoms with Crippen LogP contribution in [0, 0.1) is 0 Å². The quantitative estimate of drug-likeness (QED) is 0.596. The largest absolute Gasteiger partial charge is 0.378 e. The zero-order chi connectivity index (χ0) is 6.69. The molecular formula is C7H15NO. The summed E-state index contributed by atoms with van der Waals surface area (Å²) in [4.78, 5) is 2.14. The fraction of sp³-hybridized carbons (Fsp3) is 1.00. The minimum atomic E-state index is -0.134. The van der Waals surface area contributed by atoms with Crippen LogP contribution in [0.2, 0.25) is 0 Å². The lowest BCUT2D eigenvalue weighted by Crippen LogP contribution is -2.29. The maximum absolute atomic E-state index is 9.25. The second kappa shape index (κ2) is 3.18. The normalized spacial score (nSPS) is 29.3. The standard InChI is InChI=1S/C7H15NO/c1-2-5-8-6-3-4-7(8)9/h7,9H,2-6H2,1H3. The van der Waals surface area contributed by atoms with Crippen LogP contribution < -0.4 is 0 Å². The van der Waals surface area contributed by atoms with Gasteiger partial charge in [-0.3, -0.25) is 4.90 Å². The molecule has 1 rings (SSSR count). The summed E-state index contributed by atoms with van der Waals surface area (Å²) < 4.78 is 0. The van der Waals surface area contributed by atoms with Crippen LogP contribution in [-0.4, -0.2) is 29.3 Å². The molecule has 0 bridgehead atoms. The third-order valence-corrected chi connectivity index (χ3v) is 1.84. The molecule has 0 aromatic rings. The molecular weight excluding hydrogens is 114 g/mol. The molecule has 1 N–H and O–H groups in total. The van der Waals surface area contributed by atoms with Gasteiger partial charge in [-0.25, -0.2) is 0 Å². The van der Waals surface area contributed by atoms with Gasteiger partial charge in [0.1, 0.15) is 6.23 Å². The van der Waals surface area contributed by atoms with Crippen LogP contribution in [0.25, 0.3) is 0 Å². The first-order chi connectivity index (χ1) is 4.34. The van der Waals surface area contributed by atoms with E-state index in [1.807, 2.05) is 0 Å². The highest BCUT2D eigenvalue weighted by Gasteiger charge is 2.19. The molecule has 0 aromatic heterocycles. The fourth-order valence-corrected chi connectivity index (χ4v) is 1.36. The summed E-state index contributed by atoms with van der Waals surface area (Å²) in [6.45, 7) is 4.29. The van der Waals surface area contributed by atoms with E-state index in [1.165, 1.54) is 6.42 Å². The first kappa shape index (κ1) is 7.03. The van der Waals surface area contributed by atoms with Gasteiger partial charge in [-0.2, -0.15) is 0 Å². The zero-order valence-electron chi connectivity index (χ0n) is 6.01. The molecule has 2 nitrogen and oxygen atoms in total. The van der Waals surface area contributed by atoms with Gasteiger partial charge in [-0.15, -0.1) is 0 Å². The summed E-state index contributed by atoms with van der Waals surface area (Å²) in [5, 5.41) is 9.25. The van der Waals surface area contributed by atoms with Crippen LogP contribution in [0.4, 0.5) is 0 Å². The molecule has 0 radical (unpaired) electrons. The van der Waals surface area contributed by atoms with Crippen molar-refractivity contribution in [1.29, 1.82) is 0 Å². The molecule has 1 aliphatic heterocycles. The number of aliphatic hydroxyl groups is 1. The van der Waals surface area contributed by atoms with Crippen molar-refractivity contribution in [3.63, 3.8) is 0 Å². The van der Waals surface area contributed by atoms with E-state index in [-0.39, 0.29) is 6.23 Å². The van der Waals surface area contributed by atoms with E-state index in [0.29, 0.717) is 0 Å². The molecule has 1 saturated heterocycles. The molecule has 2 heteroatoms. The summed E-state index contributed by atoms with van der Waals surface area (Å²) in [5.74, 6) is 0. The van der Waals surface area contributed by atoms with Crippen molar-refractivity contribution in [3.8, 4) is 0 Å². The van der Waals surface area contributed by atoms with Gasteiger partial charge >= 0.3 is 0 Å². The van der Waals surface area contributed by atoms with Crippen molar-refractivity contribution in [2.75, 3.05) is 13.1 Å². The lowest BCUT2D eigenvalue weighted by Gasteiger charge is -2.17. The molecule has 1 heterocycles. The highest BCUT2D eigenvalue weighted by molar-refractivity contribution is 4.69. The van der Waals surface area contributed by atoms with Crippen molar-refractivity contribution in [3.05, 3.63) is 0 Å². The Kier molecular flexibility index (Phi) is 2.49. The predicted molar refractivity (Wildman–Crippen MR) is 37.1 cm³/mol. The third kappa shape index (κ3) is 1.66. The van der Waals surface area contributed by atoms with Gasteiger partial charge in [0.15, 0.2) is 0 Å². The van der Waals surface area contributed by atoms with Crippen molar-refractivity contribution in [1.82, 2.24) is 4.90 Å². The summed E-state index contributed by atoms with van der Waals surface area (Å²) in [5.41, 5.74) is 0. The SMILES string of the molecule is CCCN1CCCC1O. The van der Waals surface area contributed by atoms with E-state index >= 15 is 0 Å². The monoisotopic (exact) mass is 129 g/mol. The predicted octanol–water partition coefficient (Wildman–Crippen LogP) is 0.811. The molecule has 1 atom stereocenters. The molecule has 54 valence electrons. The number of hydrogen-bond donors (Lipinski definition) is 1. The average molecular weight is 129 g/mol. The molecule has 1 unspecified atom stereocenters. The molecule has 0 saturated carbocycles. The number of likely N-dealkylation sites (tertiary alicyclic amines) is 1. The van der Waals surface area contributed by atoms with Gasteiger partial charge in [-0.05, 0) is 19.3 Å². The molecule has 0 amide bonds. The van der Waals surface area contributed by atoms with Crippen molar-refractivity contribution < 1.29 is 5.11 Å². The Balaban J connectivity index is 2.22. The Labute approximate surface area is 56.5 Å². The van der Waals surface area contributed by atoms with Gasteiger partial charge in [0, 0.05) is 13.1 Å². The maximum atomic E-state index is 9.25. The second-order valence-corrected chi connectivity index (χ2v) is 2.66. The second-order valence-electron chi connectivity index (χ2n) is 2.66. The third-order valence-electron chi connectivity index (χ3n) is 1.84. The van der Waals surface area contributed by atoms with Crippen LogP contribution >= 0.6 is 0 Å². The zero-order valence-corrected chi connectivity index (χ0v) is 6.01. The molecule has 1 fully saturated rings. The number of nitrogens with zero attached hydrogens (tertiary/aromatic N) is 1. The molecule has 0 spiro atoms. The Hall–Kier alpha value is -0.0800. The Morgan fingerprint density at radius 3 is 2.89 bits per heavy atom. The molecule has 1 aliphatic rings. The Morgan fingerprint density at radius 1 is 1.67 bits per heavy atom. The van der Waals surface area contributed by atoms with Crippen LogP contribution in [0.1, 0.15) is 26.2 Å². The number of aliphatic hydroxyl groups excluding tert-OH is 1. The summed E-state index contributed by atoms with van der Waals surface area (Å²) in [6.07, 6.45) is 3.16. The fourth-order valence-electron chi connectivity index (χ4n) is 1.36. The molecule has 0 aromatic carbocycles. The first-order valence-corrected chi connectivity index (χ1v) is 3.76.